The number of nitrogens with one attached hydrogen (secondary N) is 2. The largest absolute Gasteiger partial charge is 0.358 e. The Morgan fingerprint density at radius 2 is 1.55 bits per heavy atom. The Kier molecular flexibility index (Phi) is 5.38. The van der Waals surface area contributed by atoms with Gasteiger partial charge in [0.15, 0.2) is 0 Å². The number of carbonyl (C=O) groups excluding carboxylic acids is 1. The van der Waals surface area contributed by atoms with Crippen LogP contribution in [0.25, 0.3) is 0 Å². The van der Waals surface area contributed by atoms with E-state index in [-0.39, 0.29) is 10.8 Å². The first-order valence-corrected chi connectivity index (χ1v) is 11.9. The molecule has 0 heterocycles. The maximum absolute atomic E-state index is 12.8. The lowest BCUT2D eigenvalue weighted by Crippen LogP contribution is -2.31. The van der Waals surface area contributed by atoms with Gasteiger partial charge in [-0.2, -0.15) is 0 Å². The van der Waals surface area contributed by atoms with Crippen LogP contribution in [0.4, 0.5) is 5.69 Å². The van der Waals surface area contributed by atoms with E-state index in [1.165, 1.54) is 37.7 Å². The smallest absolute Gasteiger partial charge is 0.261 e. The van der Waals surface area contributed by atoms with Crippen molar-refractivity contribution in [3.05, 3.63) is 59.7 Å². The Labute approximate surface area is 173 Å². The maximum Gasteiger partial charge on any atom is 0.261 e. The van der Waals surface area contributed by atoms with Crippen LogP contribution < -0.4 is 10.0 Å². The summed E-state index contributed by atoms with van der Waals surface area (Å²) in [6.07, 6.45) is 7.83. The summed E-state index contributed by atoms with van der Waals surface area (Å²) in [5.41, 5.74) is 2.22. The van der Waals surface area contributed by atoms with Gasteiger partial charge in [0.25, 0.3) is 10.0 Å². The normalized spacial score (nSPS) is 18.8. The van der Waals surface area contributed by atoms with Crippen LogP contribution in [-0.2, 0) is 20.2 Å². The van der Waals surface area contributed by atoms with Crippen LogP contribution in [0.1, 0.15) is 62.0 Å². The zero-order chi connectivity index (χ0) is 20.5. The van der Waals surface area contributed by atoms with Crippen molar-refractivity contribution >= 4 is 21.6 Å². The Morgan fingerprint density at radius 1 is 0.931 bits per heavy atom. The predicted octanol–water partition coefficient (Wildman–Crippen LogP) is 4.31. The van der Waals surface area contributed by atoms with Crippen molar-refractivity contribution in [2.24, 2.45) is 0 Å². The fourth-order valence-corrected chi connectivity index (χ4v) is 5.50. The highest BCUT2D eigenvalue weighted by molar-refractivity contribution is 7.92. The number of hydrogen-bond donors (Lipinski definition) is 2. The standard InChI is InChI=1S/C23H28N2O3S/c1-24-22(26)23(15-16-23)19-9-11-20(12-10-19)25-29(27,28)21-13-7-18(8-14-21)17-5-3-2-4-6-17/h7-14,17,25H,2-6,15-16H2,1H3,(H,24,26). The Hall–Kier alpha value is -2.34. The van der Waals surface area contributed by atoms with E-state index in [2.05, 4.69) is 10.0 Å². The van der Waals surface area contributed by atoms with Gasteiger partial charge in [-0.15, -0.1) is 0 Å². The molecular weight excluding hydrogens is 384 g/mol. The lowest BCUT2D eigenvalue weighted by atomic mass is 9.84. The minimum absolute atomic E-state index is 0.0175. The van der Waals surface area contributed by atoms with E-state index in [0.717, 1.165) is 18.4 Å². The molecule has 2 fully saturated rings. The summed E-state index contributed by atoms with van der Waals surface area (Å²) in [5.74, 6) is 0.569. The summed E-state index contributed by atoms with van der Waals surface area (Å²) in [5, 5.41) is 2.72. The van der Waals surface area contributed by atoms with Crippen molar-refractivity contribution in [3.8, 4) is 0 Å². The molecule has 2 aromatic carbocycles. The number of likely N-dealkylation sites (N-methyl/N-ethyl adjacent to an activating group) is 1. The molecule has 0 atom stereocenters. The molecular formula is C23H28N2O3S. The number of rotatable bonds is 6. The number of anilines is 1. The van der Waals surface area contributed by atoms with E-state index in [0.29, 0.717) is 11.6 Å². The molecule has 0 radical (unpaired) electrons. The van der Waals surface area contributed by atoms with Crippen LogP contribution in [0.5, 0.6) is 0 Å². The van der Waals surface area contributed by atoms with Gasteiger partial charge in [0.1, 0.15) is 0 Å². The van der Waals surface area contributed by atoms with Gasteiger partial charge >= 0.3 is 0 Å². The molecule has 0 aromatic heterocycles. The van der Waals surface area contributed by atoms with Crippen molar-refractivity contribution < 1.29 is 13.2 Å². The molecule has 2 aromatic rings. The third kappa shape index (κ3) is 4.04. The molecule has 2 N–H and O–H groups in total. The number of amides is 1. The van der Waals surface area contributed by atoms with E-state index in [1.54, 1.807) is 31.3 Å². The van der Waals surface area contributed by atoms with Crippen molar-refractivity contribution in [2.45, 2.75) is 61.2 Å². The fraction of sp³-hybridized carbons (Fsp3) is 0.435. The van der Waals surface area contributed by atoms with Crippen molar-refractivity contribution in [1.29, 1.82) is 0 Å². The zero-order valence-electron chi connectivity index (χ0n) is 16.8. The molecule has 2 aliphatic rings. The molecule has 0 saturated heterocycles. The summed E-state index contributed by atoms with van der Waals surface area (Å²) >= 11 is 0. The number of sulfonamides is 1. The van der Waals surface area contributed by atoms with Gasteiger partial charge in [-0.1, -0.05) is 43.5 Å². The van der Waals surface area contributed by atoms with Gasteiger partial charge in [0.2, 0.25) is 5.91 Å². The predicted molar refractivity (Wildman–Crippen MR) is 114 cm³/mol. The molecule has 154 valence electrons. The molecule has 29 heavy (non-hydrogen) atoms. The summed E-state index contributed by atoms with van der Waals surface area (Å²) in [7, 11) is -2.00. The number of benzene rings is 2. The second-order valence-corrected chi connectivity index (χ2v) is 9.93. The molecule has 2 aliphatic carbocycles. The van der Waals surface area contributed by atoms with Crippen molar-refractivity contribution in [3.63, 3.8) is 0 Å². The first-order valence-electron chi connectivity index (χ1n) is 10.4. The quantitative estimate of drug-likeness (QED) is 0.742. The zero-order valence-corrected chi connectivity index (χ0v) is 17.6. The van der Waals surface area contributed by atoms with Crippen LogP contribution in [0, 0.1) is 0 Å². The molecule has 0 spiro atoms. The fourth-order valence-electron chi connectivity index (χ4n) is 4.44. The van der Waals surface area contributed by atoms with Gasteiger partial charge in [0.05, 0.1) is 10.3 Å². The topological polar surface area (TPSA) is 75.3 Å². The molecule has 2 saturated carbocycles. The summed E-state index contributed by atoms with van der Waals surface area (Å²) in [6.45, 7) is 0. The van der Waals surface area contributed by atoms with Crippen LogP contribution in [0.15, 0.2) is 53.4 Å². The summed E-state index contributed by atoms with van der Waals surface area (Å²) in [4.78, 5) is 12.4. The maximum atomic E-state index is 12.8. The van der Waals surface area contributed by atoms with Gasteiger partial charge in [-0.05, 0) is 67.0 Å². The molecule has 0 bridgehead atoms. The Balaban J connectivity index is 1.46. The van der Waals surface area contributed by atoms with Crippen LogP contribution >= 0.6 is 0 Å². The first-order chi connectivity index (χ1) is 13.9. The first kappa shape index (κ1) is 20.0. The third-order valence-corrected chi connectivity index (χ3v) is 7.77. The van der Waals surface area contributed by atoms with Gasteiger partial charge in [-0.25, -0.2) is 8.42 Å². The highest BCUT2D eigenvalue weighted by Gasteiger charge is 2.50. The van der Waals surface area contributed by atoms with E-state index in [4.69, 9.17) is 0 Å². The van der Waals surface area contributed by atoms with Crippen LogP contribution in [0.3, 0.4) is 0 Å². The van der Waals surface area contributed by atoms with Crippen LogP contribution in [0.2, 0.25) is 0 Å². The minimum atomic E-state index is -3.64. The van der Waals surface area contributed by atoms with Crippen molar-refractivity contribution in [2.75, 3.05) is 11.8 Å². The summed E-state index contributed by atoms with van der Waals surface area (Å²) in [6, 6.07) is 14.4. The second kappa shape index (κ2) is 7.82. The highest BCUT2D eigenvalue weighted by atomic mass is 32.2. The molecule has 0 aliphatic heterocycles. The molecule has 4 rings (SSSR count). The highest BCUT2D eigenvalue weighted by Crippen LogP contribution is 2.48. The lowest BCUT2D eigenvalue weighted by molar-refractivity contribution is -0.123. The van der Waals surface area contributed by atoms with Gasteiger partial charge in [-0.3, -0.25) is 9.52 Å². The molecule has 0 unspecified atom stereocenters. The average Bonchev–Trinajstić information content (AvgIpc) is 3.56. The number of carbonyl (C=O) groups is 1. The minimum Gasteiger partial charge on any atom is -0.358 e. The molecule has 1 amide bonds. The second-order valence-electron chi connectivity index (χ2n) is 8.25. The van der Waals surface area contributed by atoms with Crippen LogP contribution in [-0.4, -0.2) is 21.4 Å². The number of hydrogen-bond acceptors (Lipinski definition) is 3. The van der Waals surface area contributed by atoms with E-state index >= 15 is 0 Å². The monoisotopic (exact) mass is 412 g/mol. The van der Waals surface area contributed by atoms with E-state index < -0.39 is 15.4 Å². The lowest BCUT2D eigenvalue weighted by Gasteiger charge is -2.22. The van der Waals surface area contributed by atoms with E-state index in [9.17, 15) is 13.2 Å². The Bertz CT molecular complexity index is 972. The molecule has 5 nitrogen and oxygen atoms in total. The Morgan fingerprint density at radius 3 is 2.10 bits per heavy atom. The van der Waals surface area contributed by atoms with Crippen molar-refractivity contribution in [1.82, 2.24) is 5.32 Å². The van der Waals surface area contributed by atoms with Gasteiger partial charge < -0.3 is 5.32 Å². The summed E-state index contributed by atoms with van der Waals surface area (Å²) < 4.78 is 28.2. The molecule has 6 heteroatoms. The third-order valence-electron chi connectivity index (χ3n) is 6.37. The SMILES string of the molecule is CNC(=O)C1(c2ccc(NS(=O)(=O)c3ccc(C4CCCCC4)cc3)cc2)CC1. The van der Waals surface area contributed by atoms with Gasteiger partial charge in [0, 0.05) is 12.7 Å². The average molecular weight is 413 g/mol. The van der Waals surface area contributed by atoms with E-state index in [1.807, 2.05) is 24.3 Å².